The Morgan fingerprint density at radius 2 is 1.63 bits per heavy atom. The second-order valence-electron chi connectivity index (χ2n) is 6.68. The average molecular weight is 390 g/mol. The average Bonchev–Trinajstić information content (AvgIpc) is 2.97. The molecule has 0 radical (unpaired) electrons. The predicted octanol–water partition coefficient (Wildman–Crippen LogP) is 3.67. The maximum atomic E-state index is 13.1. The van der Waals surface area contributed by atoms with E-state index in [9.17, 15) is 17.6 Å². The van der Waals surface area contributed by atoms with Gasteiger partial charge in [-0.1, -0.05) is 18.9 Å². The molecule has 1 aliphatic heterocycles. The van der Waals surface area contributed by atoms with Crippen LogP contribution in [0.4, 0.5) is 10.1 Å². The molecule has 3 rings (SSSR count). The summed E-state index contributed by atoms with van der Waals surface area (Å²) >= 11 is 0. The highest BCUT2D eigenvalue weighted by molar-refractivity contribution is 7.92. The Bertz CT molecular complexity index is 905. The largest absolute Gasteiger partial charge is 0.339 e. The summed E-state index contributed by atoms with van der Waals surface area (Å²) in [5.74, 6) is -0.576. The molecule has 1 amide bonds. The number of benzene rings is 2. The van der Waals surface area contributed by atoms with E-state index >= 15 is 0 Å². The summed E-state index contributed by atoms with van der Waals surface area (Å²) < 4.78 is 40.1. The normalized spacial score (nSPS) is 15.3. The number of hydrogen-bond donors (Lipinski definition) is 0. The maximum Gasteiger partial charge on any atom is 0.264 e. The van der Waals surface area contributed by atoms with Gasteiger partial charge < -0.3 is 4.90 Å². The lowest BCUT2D eigenvalue weighted by molar-refractivity contribution is 0.0761. The molecule has 1 aliphatic rings. The van der Waals surface area contributed by atoms with Gasteiger partial charge in [0.1, 0.15) is 5.82 Å². The van der Waals surface area contributed by atoms with Crippen molar-refractivity contribution in [2.75, 3.05) is 24.4 Å². The van der Waals surface area contributed by atoms with Crippen LogP contribution in [-0.2, 0) is 10.0 Å². The monoisotopic (exact) mass is 390 g/mol. The molecular weight excluding hydrogens is 367 g/mol. The molecule has 144 valence electrons. The third-order valence-corrected chi connectivity index (χ3v) is 6.60. The van der Waals surface area contributed by atoms with Gasteiger partial charge in [0.05, 0.1) is 10.6 Å². The van der Waals surface area contributed by atoms with Crippen molar-refractivity contribution in [1.82, 2.24) is 4.90 Å². The second kappa shape index (κ2) is 8.08. The highest BCUT2D eigenvalue weighted by Gasteiger charge is 2.24. The first-order valence-electron chi connectivity index (χ1n) is 9.03. The molecular formula is C20H23FN2O3S. The van der Waals surface area contributed by atoms with Gasteiger partial charge in [-0.05, 0) is 55.3 Å². The van der Waals surface area contributed by atoms with Crippen molar-refractivity contribution in [3.8, 4) is 0 Å². The summed E-state index contributed by atoms with van der Waals surface area (Å²) in [6.07, 6.45) is 4.16. The summed E-state index contributed by atoms with van der Waals surface area (Å²) in [6, 6.07) is 11.3. The Balaban J connectivity index is 1.87. The Morgan fingerprint density at radius 1 is 1.00 bits per heavy atom. The lowest BCUT2D eigenvalue weighted by atomic mass is 10.2. The standard InChI is InChI=1S/C20H23FN2O3S/c1-22(18-11-9-17(21)10-12-18)27(25,26)19-8-6-7-16(15-19)20(24)23-13-4-2-3-5-14-23/h6-12,15H,2-5,13-14H2,1H3. The van der Waals surface area contributed by atoms with Crippen molar-refractivity contribution in [2.24, 2.45) is 0 Å². The lowest BCUT2D eigenvalue weighted by Gasteiger charge is -2.22. The first kappa shape index (κ1) is 19.4. The Labute approximate surface area is 159 Å². The van der Waals surface area contributed by atoms with Crippen LogP contribution in [0.25, 0.3) is 0 Å². The van der Waals surface area contributed by atoms with Gasteiger partial charge in [-0.3, -0.25) is 9.10 Å². The van der Waals surface area contributed by atoms with Crippen LogP contribution in [0.5, 0.6) is 0 Å². The number of amides is 1. The van der Waals surface area contributed by atoms with E-state index in [0.717, 1.165) is 30.0 Å². The van der Waals surface area contributed by atoms with Crippen LogP contribution in [0.1, 0.15) is 36.0 Å². The Morgan fingerprint density at radius 3 is 2.26 bits per heavy atom. The molecule has 1 saturated heterocycles. The van der Waals surface area contributed by atoms with Crippen LogP contribution < -0.4 is 4.31 Å². The fourth-order valence-corrected chi connectivity index (χ4v) is 4.44. The summed E-state index contributed by atoms with van der Waals surface area (Å²) in [4.78, 5) is 14.6. The van der Waals surface area contributed by atoms with Crippen LogP contribution in [0, 0.1) is 5.82 Å². The minimum Gasteiger partial charge on any atom is -0.339 e. The van der Waals surface area contributed by atoms with Crippen LogP contribution in [0.3, 0.4) is 0 Å². The molecule has 0 N–H and O–H groups in total. The van der Waals surface area contributed by atoms with Crippen molar-refractivity contribution in [3.63, 3.8) is 0 Å². The van der Waals surface area contributed by atoms with Gasteiger partial charge in [-0.2, -0.15) is 0 Å². The molecule has 0 aromatic heterocycles. The van der Waals surface area contributed by atoms with E-state index in [1.165, 1.54) is 43.4 Å². The van der Waals surface area contributed by atoms with E-state index in [1.807, 2.05) is 0 Å². The highest BCUT2D eigenvalue weighted by Crippen LogP contribution is 2.23. The predicted molar refractivity (Wildman–Crippen MR) is 103 cm³/mol. The summed E-state index contributed by atoms with van der Waals surface area (Å²) in [5, 5.41) is 0. The van der Waals surface area contributed by atoms with E-state index in [2.05, 4.69) is 0 Å². The van der Waals surface area contributed by atoms with Crippen LogP contribution in [0.2, 0.25) is 0 Å². The number of anilines is 1. The summed E-state index contributed by atoms with van der Waals surface area (Å²) in [5.41, 5.74) is 0.714. The topological polar surface area (TPSA) is 57.7 Å². The zero-order chi connectivity index (χ0) is 19.4. The first-order valence-corrected chi connectivity index (χ1v) is 10.5. The maximum absolute atomic E-state index is 13.1. The minimum absolute atomic E-state index is 0.0370. The molecule has 0 atom stereocenters. The smallest absolute Gasteiger partial charge is 0.264 e. The van der Waals surface area contributed by atoms with Gasteiger partial charge >= 0.3 is 0 Å². The Hall–Kier alpha value is -2.41. The van der Waals surface area contributed by atoms with Crippen LogP contribution in [-0.4, -0.2) is 39.4 Å². The lowest BCUT2D eigenvalue weighted by Crippen LogP contribution is -2.32. The third kappa shape index (κ3) is 4.30. The number of halogens is 1. The van der Waals surface area contributed by atoms with Gasteiger partial charge in [-0.25, -0.2) is 12.8 Å². The van der Waals surface area contributed by atoms with E-state index in [0.29, 0.717) is 24.3 Å². The van der Waals surface area contributed by atoms with Crippen molar-refractivity contribution < 1.29 is 17.6 Å². The summed E-state index contributed by atoms with van der Waals surface area (Å²) in [6.45, 7) is 1.40. The van der Waals surface area contributed by atoms with E-state index in [1.54, 1.807) is 17.0 Å². The van der Waals surface area contributed by atoms with Crippen molar-refractivity contribution in [2.45, 2.75) is 30.6 Å². The number of likely N-dealkylation sites (tertiary alicyclic amines) is 1. The van der Waals surface area contributed by atoms with E-state index in [-0.39, 0.29) is 10.8 Å². The number of carbonyl (C=O) groups is 1. The zero-order valence-corrected chi connectivity index (χ0v) is 16.1. The molecule has 0 aliphatic carbocycles. The van der Waals surface area contributed by atoms with E-state index in [4.69, 9.17) is 0 Å². The second-order valence-corrected chi connectivity index (χ2v) is 8.65. The van der Waals surface area contributed by atoms with Gasteiger partial charge in [0.25, 0.3) is 15.9 Å². The number of rotatable bonds is 4. The number of hydrogen-bond acceptors (Lipinski definition) is 3. The summed E-state index contributed by atoms with van der Waals surface area (Å²) in [7, 11) is -2.45. The minimum atomic E-state index is -3.86. The molecule has 0 unspecified atom stereocenters. The molecule has 7 heteroatoms. The number of carbonyl (C=O) groups excluding carboxylic acids is 1. The van der Waals surface area contributed by atoms with Gasteiger partial charge in [0.2, 0.25) is 0 Å². The SMILES string of the molecule is CN(c1ccc(F)cc1)S(=O)(=O)c1cccc(C(=O)N2CCCCCC2)c1. The molecule has 27 heavy (non-hydrogen) atoms. The van der Waals surface area contributed by atoms with Crippen LogP contribution in [0.15, 0.2) is 53.4 Å². The molecule has 5 nitrogen and oxygen atoms in total. The van der Waals surface area contributed by atoms with Crippen molar-refractivity contribution in [1.29, 1.82) is 0 Å². The fourth-order valence-electron chi connectivity index (χ4n) is 3.19. The van der Waals surface area contributed by atoms with Gasteiger partial charge in [0.15, 0.2) is 0 Å². The Kier molecular flexibility index (Phi) is 5.79. The molecule has 0 saturated carbocycles. The highest BCUT2D eigenvalue weighted by atomic mass is 32.2. The molecule has 1 heterocycles. The molecule has 2 aromatic carbocycles. The van der Waals surface area contributed by atoms with Gasteiger partial charge in [0, 0.05) is 25.7 Å². The number of nitrogens with zero attached hydrogens (tertiary/aromatic N) is 2. The third-order valence-electron chi connectivity index (χ3n) is 4.82. The fraction of sp³-hybridized carbons (Fsp3) is 0.350. The quantitative estimate of drug-likeness (QED) is 0.800. The van der Waals surface area contributed by atoms with Gasteiger partial charge in [-0.15, -0.1) is 0 Å². The van der Waals surface area contributed by atoms with Crippen molar-refractivity contribution in [3.05, 3.63) is 59.9 Å². The molecule has 1 fully saturated rings. The zero-order valence-electron chi connectivity index (χ0n) is 15.3. The van der Waals surface area contributed by atoms with Crippen LogP contribution >= 0.6 is 0 Å². The molecule has 0 spiro atoms. The number of sulfonamides is 1. The molecule has 2 aromatic rings. The van der Waals surface area contributed by atoms with Crippen molar-refractivity contribution >= 4 is 21.6 Å². The van der Waals surface area contributed by atoms with E-state index < -0.39 is 15.8 Å². The molecule has 0 bridgehead atoms. The first-order chi connectivity index (χ1) is 12.9.